The molecule has 0 aliphatic carbocycles. The second-order valence-electron chi connectivity index (χ2n) is 9.28. The van der Waals surface area contributed by atoms with Crippen molar-refractivity contribution in [3.8, 4) is 11.8 Å². The molecule has 7 heteroatoms. The summed E-state index contributed by atoms with van der Waals surface area (Å²) in [6.45, 7) is 11.3. The molecule has 4 rings (SSSR count). The van der Waals surface area contributed by atoms with Gasteiger partial charge in [0.05, 0.1) is 0 Å². The number of piperazine rings is 1. The molecule has 0 radical (unpaired) electrons. The molecule has 7 nitrogen and oxygen atoms in total. The Hall–Kier alpha value is -2.06. The highest BCUT2D eigenvalue weighted by Gasteiger charge is 2.33. The number of nitrogens with zero attached hydrogens (tertiary/aromatic N) is 5. The molecule has 0 spiro atoms. The van der Waals surface area contributed by atoms with E-state index in [1.807, 2.05) is 12.1 Å². The maximum atomic E-state index is 9.70. The first-order valence-electron chi connectivity index (χ1n) is 12.0. The van der Waals surface area contributed by atoms with E-state index in [4.69, 9.17) is 4.74 Å². The minimum absolute atomic E-state index is 0.257. The van der Waals surface area contributed by atoms with Crippen molar-refractivity contribution in [2.45, 2.75) is 57.8 Å². The number of aliphatic hydroxyl groups is 1. The Balaban J connectivity index is 1.31. The zero-order chi connectivity index (χ0) is 22.3. The minimum Gasteiger partial charge on any atom is -0.424 e. The van der Waals surface area contributed by atoms with Gasteiger partial charge in [-0.3, -0.25) is 9.80 Å². The Kier molecular flexibility index (Phi) is 8.08. The smallest absolute Gasteiger partial charge is 0.321 e. The SMILES string of the molecule is CC(C)N1CCC(N2CCN(Cc3ccc(Oc4ncccn4)cc3)C[C@@H]2CCO)CC1. The fraction of sp³-hybridized carbons (Fsp3) is 0.600. The van der Waals surface area contributed by atoms with Crippen LogP contribution in [0.5, 0.6) is 11.8 Å². The summed E-state index contributed by atoms with van der Waals surface area (Å²) in [6, 6.07) is 12.1. The van der Waals surface area contributed by atoms with Gasteiger partial charge in [-0.15, -0.1) is 0 Å². The van der Waals surface area contributed by atoms with E-state index in [2.05, 4.69) is 50.6 Å². The zero-order valence-corrected chi connectivity index (χ0v) is 19.4. The van der Waals surface area contributed by atoms with Crippen LogP contribution in [0, 0.1) is 0 Å². The molecule has 1 aromatic heterocycles. The molecular weight excluding hydrogens is 402 g/mol. The summed E-state index contributed by atoms with van der Waals surface area (Å²) in [5, 5.41) is 9.70. The van der Waals surface area contributed by atoms with Crippen LogP contribution in [-0.2, 0) is 6.54 Å². The van der Waals surface area contributed by atoms with Crippen molar-refractivity contribution in [1.82, 2.24) is 24.7 Å². The Labute approximate surface area is 192 Å². The molecule has 0 amide bonds. The Morgan fingerprint density at radius 1 is 1.03 bits per heavy atom. The normalized spacial score (nSPS) is 21.8. The lowest BCUT2D eigenvalue weighted by molar-refractivity contribution is -0.0000327. The van der Waals surface area contributed by atoms with E-state index in [9.17, 15) is 5.11 Å². The monoisotopic (exact) mass is 439 g/mol. The third kappa shape index (κ3) is 6.04. The van der Waals surface area contributed by atoms with Crippen LogP contribution in [-0.4, -0.2) is 87.2 Å². The molecule has 174 valence electrons. The first-order chi connectivity index (χ1) is 15.6. The first kappa shape index (κ1) is 23.1. The van der Waals surface area contributed by atoms with E-state index < -0.39 is 0 Å². The number of rotatable bonds is 8. The fourth-order valence-corrected chi connectivity index (χ4v) is 5.06. The van der Waals surface area contributed by atoms with Gasteiger partial charge in [-0.2, -0.15) is 0 Å². The molecule has 0 bridgehead atoms. The quantitative estimate of drug-likeness (QED) is 0.678. The first-order valence-corrected chi connectivity index (χ1v) is 12.0. The van der Waals surface area contributed by atoms with Crippen LogP contribution < -0.4 is 4.74 Å². The average Bonchev–Trinajstić information content (AvgIpc) is 2.82. The number of aromatic nitrogens is 2. The maximum absolute atomic E-state index is 9.70. The van der Waals surface area contributed by atoms with Gasteiger partial charge in [0.2, 0.25) is 0 Å². The largest absolute Gasteiger partial charge is 0.424 e. The van der Waals surface area contributed by atoms with E-state index in [1.165, 1.54) is 31.5 Å². The molecule has 1 N–H and O–H groups in total. The topological polar surface area (TPSA) is 65.0 Å². The molecule has 2 saturated heterocycles. The second-order valence-corrected chi connectivity index (χ2v) is 9.28. The molecule has 2 fully saturated rings. The highest BCUT2D eigenvalue weighted by atomic mass is 16.5. The summed E-state index contributed by atoms with van der Waals surface area (Å²) < 4.78 is 5.70. The zero-order valence-electron chi connectivity index (χ0n) is 19.4. The molecule has 1 atom stereocenters. The fourth-order valence-electron chi connectivity index (χ4n) is 5.06. The van der Waals surface area contributed by atoms with Crippen LogP contribution in [0.4, 0.5) is 0 Å². The van der Waals surface area contributed by atoms with E-state index in [1.54, 1.807) is 18.5 Å². The average molecular weight is 440 g/mol. The van der Waals surface area contributed by atoms with Crippen molar-refractivity contribution in [3.05, 3.63) is 48.3 Å². The van der Waals surface area contributed by atoms with Crippen molar-refractivity contribution >= 4 is 0 Å². The molecule has 0 unspecified atom stereocenters. The number of aliphatic hydroxyl groups excluding tert-OH is 1. The van der Waals surface area contributed by atoms with Crippen molar-refractivity contribution in [2.75, 3.05) is 39.3 Å². The van der Waals surface area contributed by atoms with Crippen LogP contribution in [0.1, 0.15) is 38.7 Å². The number of ether oxygens (including phenoxy) is 1. The van der Waals surface area contributed by atoms with E-state index in [0.29, 0.717) is 24.1 Å². The third-order valence-electron chi connectivity index (χ3n) is 6.85. The summed E-state index contributed by atoms with van der Waals surface area (Å²) in [5.74, 6) is 0.746. The van der Waals surface area contributed by atoms with E-state index in [-0.39, 0.29) is 6.61 Å². The van der Waals surface area contributed by atoms with Crippen molar-refractivity contribution < 1.29 is 9.84 Å². The summed E-state index contributed by atoms with van der Waals surface area (Å²) in [7, 11) is 0. The number of likely N-dealkylation sites (tertiary alicyclic amines) is 1. The summed E-state index contributed by atoms with van der Waals surface area (Å²) in [4.78, 5) is 16.0. The molecule has 0 saturated carbocycles. The number of piperidine rings is 1. The van der Waals surface area contributed by atoms with Gasteiger partial charge in [-0.25, -0.2) is 9.97 Å². The van der Waals surface area contributed by atoms with Gasteiger partial charge in [0.15, 0.2) is 0 Å². The van der Waals surface area contributed by atoms with Gasteiger partial charge in [0.25, 0.3) is 0 Å². The molecular formula is C25H37N5O2. The molecule has 2 aliphatic heterocycles. The predicted molar refractivity (Wildman–Crippen MR) is 126 cm³/mol. The Morgan fingerprint density at radius 3 is 2.41 bits per heavy atom. The molecule has 32 heavy (non-hydrogen) atoms. The summed E-state index contributed by atoms with van der Waals surface area (Å²) in [5.41, 5.74) is 1.27. The highest BCUT2D eigenvalue weighted by Crippen LogP contribution is 2.25. The van der Waals surface area contributed by atoms with Crippen LogP contribution in [0.3, 0.4) is 0 Å². The lowest BCUT2D eigenvalue weighted by atomic mass is 9.97. The third-order valence-corrected chi connectivity index (χ3v) is 6.85. The lowest BCUT2D eigenvalue weighted by Crippen LogP contribution is -2.58. The molecule has 3 heterocycles. The van der Waals surface area contributed by atoms with E-state index in [0.717, 1.165) is 38.3 Å². The van der Waals surface area contributed by atoms with Crippen LogP contribution >= 0.6 is 0 Å². The van der Waals surface area contributed by atoms with Gasteiger partial charge in [0.1, 0.15) is 5.75 Å². The Morgan fingerprint density at radius 2 is 1.75 bits per heavy atom. The van der Waals surface area contributed by atoms with Crippen molar-refractivity contribution in [1.29, 1.82) is 0 Å². The number of hydrogen-bond acceptors (Lipinski definition) is 7. The van der Waals surface area contributed by atoms with E-state index >= 15 is 0 Å². The van der Waals surface area contributed by atoms with Gasteiger partial charge in [0, 0.05) is 63.3 Å². The molecule has 2 aromatic rings. The molecule has 2 aliphatic rings. The summed E-state index contributed by atoms with van der Waals surface area (Å²) >= 11 is 0. The highest BCUT2D eigenvalue weighted by molar-refractivity contribution is 5.29. The predicted octanol–water partition coefficient (Wildman–Crippen LogP) is 3.01. The van der Waals surface area contributed by atoms with Crippen LogP contribution in [0.15, 0.2) is 42.7 Å². The lowest BCUT2D eigenvalue weighted by Gasteiger charge is -2.48. The van der Waals surface area contributed by atoms with Gasteiger partial charge < -0.3 is 14.7 Å². The summed E-state index contributed by atoms with van der Waals surface area (Å²) in [6.07, 6.45) is 6.68. The van der Waals surface area contributed by atoms with Gasteiger partial charge in [-0.1, -0.05) is 12.1 Å². The number of benzene rings is 1. The minimum atomic E-state index is 0.257. The van der Waals surface area contributed by atoms with Crippen molar-refractivity contribution in [3.63, 3.8) is 0 Å². The maximum Gasteiger partial charge on any atom is 0.321 e. The Bertz CT molecular complexity index is 809. The van der Waals surface area contributed by atoms with Crippen LogP contribution in [0.2, 0.25) is 0 Å². The van der Waals surface area contributed by atoms with Crippen LogP contribution in [0.25, 0.3) is 0 Å². The standard InChI is InChI=1S/C25H37N5O2/c1-20(2)29-13-8-22(9-14-29)30-16-15-28(19-23(30)10-17-31)18-21-4-6-24(7-5-21)32-25-26-11-3-12-27-25/h3-7,11-12,20,22-23,31H,8-10,13-19H2,1-2H3/t23-/m0/s1. The van der Waals surface area contributed by atoms with Gasteiger partial charge >= 0.3 is 6.01 Å². The molecule has 1 aromatic carbocycles. The second kappa shape index (κ2) is 11.2. The number of hydrogen-bond donors (Lipinski definition) is 1. The van der Waals surface area contributed by atoms with Gasteiger partial charge in [-0.05, 0) is 70.0 Å². The van der Waals surface area contributed by atoms with Crippen molar-refractivity contribution in [2.24, 2.45) is 0 Å².